The van der Waals surface area contributed by atoms with E-state index in [1.807, 2.05) is 20.8 Å². The Balaban J connectivity index is 2.11. The lowest BCUT2D eigenvalue weighted by Gasteiger charge is -2.35. The predicted molar refractivity (Wildman–Crippen MR) is 60.5 cm³/mol. The van der Waals surface area contributed by atoms with Gasteiger partial charge in [0.05, 0.1) is 12.2 Å². The summed E-state index contributed by atoms with van der Waals surface area (Å²) in [7, 11) is 0. The molecule has 0 aromatic heterocycles. The molecule has 16 heavy (non-hydrogen) atoms. The number of hydrogen-bond acceptors (Lipinski definition) is 3. The van der Waals surface area contributed by atoms with Gasteiger partial charge in [0.25, 0.3) is 0 Å². The molecule has 1 heterocycles. The summed E-state index contributed by atoms with van der Waals surface area (Å²) in [6.45, 7) is 6.01. The highest BCUT2D eigenvalue weighted by Crippen LogP contribution is 2.36. The maximum atomic E-state index is 11.7. The molecule has 1 aromatic carbocycles. The minimum absolute atomic E-state index is 0.225. The van der Waals surface area contributed by atoms with Crippen LogP contribution in [0.15, 0.2) is 18.2 Å². The van der Waals surface area contributed by atoms with Crippen molar-refractivity contribution < 1.29 is 14.6 Å². The Morgan fingerprint density at radius 1 is 1.44 bits per heavy atom. The molecule has 2 rings (SSSR count). The van der Waals surface area contributed by atoms with E-state index in [1.54, 1.807) is 23.1 Å². The molecular weight excluding hydrogens is 206 g/mol. The van der Waals surface area contributed by atoms with E-state index in [1.165, 1.54) is 0 Å². The van der Waals surface area contributed by atoms with Crippen LogP contribution >= 0.6 is 0 Å². The minimum Gasteiger partial charge on any atom is -0.508 e. The number of rotatable bonds is 0. The molecule has 0 radical (unpaired) electrons. The van der Waals surface area contributed by atoms with Crippen molar-refractivity contribution in [2.75, 3.05) is 4.90 Å². The van der Waals surface area contributed by atoms with Crippen LogP contribution in [-0.4, -0.2) is 16.8 Å². The number of aromatic hydroxyl groups is 1. The SMILES string of the molecule is CC(C)(C)OC(=O)N1Cc2cc(O)ccc21. The summed E-state index contributed by atoms with van der Waals surface area (Å²) in [5, 5.41) is 9.25. The summed E-state index contributed by atoms with van der Waals surface area (Å²) in [4.78, 5) is 13.3. The van der Waals surface area contributed by atoms with Gasteiger partial charge in [0.2, 0.25) is 0 Å². The summed E-state index contributed by atoms with van der Waals surface area (Å²) in [6, 6.07) is 4.95. The molecule has 0 saturated heterocycles. The van der Waals surface area contributed by atoms with E-state index < -0.39 is 5.60 Å². The molecule has 0 bridgehead atoms. The summed E-state index contributed by atoms with van der Waals surface area (Å²) in [6.07, 6.45) is -0.342. The Bertz CT molecular complexity index is 434. The van der Waals surface area contributed by atoms with E-state index in [4.69, 9.17) is 4.74 Å². The average molecular weight is 221 g/mol. The summed E-state index contributed by atoms with van der Waals surface area (Å²) >= 11 is 0. The van der Waals surface area contributed by atoms with Crippen LogP contribution in [-0.2, 0) is 11.3 Å². The fraction of sp³-hybridized carbons (Fsp3) is 0.417. The third-order valence-corrected chi connectivity index (χ3v) is 2.30. The number of phenolic OH excluding ortho intramolecular Hbond substituents is 1. The molecule has 86 valence electrons. The Kier molecular flexibility index (Phi) is 2.30. The van der Waals surface area contributed by atoms with Crippen molar-refractivity contribution >= 4 is 11.8 Å². The monoisotopic (exact) mass is 221 g/mol. The summed E-state index contributed by atoms with van der Waals surface area (Å²) in [5.41, 5.74) is 1.29. The molecule has 1 N–H and O–H groups in total. The second-order valence-electron chi connectivity index (χ2n) is 4.88. The largest absolute Gasteiger partial charge is 0.508 e. The van der Waals surface area contributed by atoms with Crippen LogP contribution in [0.1, 0.15) is 26.3 Å². The second kappa shape index (κ2) is 3.40. The van der Waals surface area contributed by atoms with Crippen LogP contribution in [0.5, 0.6) is 5.75 Å². The van der Waals surface area contributed by atoms with E-state index >= 15 is 0 Å². The maximum Gasteiger partial charge on any atom is 0.415 e. The number of hydrogen-bond donors (Lipinski definition) is 1. The summed E-state index contributed by atoms with van der Waals surface area (Å²) in [5.74, 6) is 0.225. The zero-order chi connectivity index (χ0) is 11.9. The van der Waals surface area contributed by atoms with Crippen LogP contribution in [0.25, 0.3) is 0 Å². The molecule has 4 nitrogen and oxygen atoms in total. The molecular formula is C12H15NO3. The first-order chi connectivity index (χ1) is 7.37. The first-order valence-electron chi connectivity index (χ1n) is 5.19. The number of benzene rings is 1. The molecule has 1 aliphatic heterocycles. The molecule has 0 saturated carbocycles. The highest BCUT2D eigenvalue weighted by Gasteiger charge is 2.31. The zero-order valence-corrected chi connectivity index (χ0v) is 9.65. The van der Waals surface area contributed by atoms with Gasteiger partial charge in [0.15, 0.2) is 0 Å². The number of anilines is 1. The van der Waals surface area contributed by atoms with Gasteiger partial charge in [-0.3, -0.25) is 4.90 Å². The first kappa shape index (κ1) is 10.8. The van der Waals surface area contributed by atoms with Crippen molar-refractivity contribution in [1.29, 1.82) is 0 Å². The van der Waals surface area contributed by atoms with E-state index in [-0.39, 0.29) is 11.8 Å². The average Bonchev–Trinajstić information content (AvgIpc) is 2.06. The fourth-order valence-corrected chi connectivity index (χ4v) is 1.61. The predicted octanol–water partition coefficient (Wildman–Crippen LogP) is 2.65. The number of carbonyl (C=O) groups excluding carboxylic acids is 1. The van der Waals surface area contributed by atoms with Gasteiger partial charge in [-0.2, -0.15) is 0 Å². The molecule has 0 spiro atoms. The Hall–Kier alpha value is -1.71. The van der Waals surface area contributed by atoms with Crippen molar-refractivity contribution in [3.05, 3.63) is 23.8 Å². The normalized spacial score (nSPS) is 14.1. The van der Waals surface area contributed by atoms with Crippen LogP contribution in [0, 0.1) is 0 Å². The molecule has 1 aliphatic rings. The third kappa shape index (κ3) is 1.96. The minimum atomic E-state index is -0.482. The Morgan fingerprint density at radius 3 is 2.69 bits per heavy atom. The lowest BCUT2D eigenvalue weighted by molar-refractivity contribution is 0.0569. The second-order valence-corrected chi connectivity index (χ2v) is 4.88. The van der Waals surface area contributed by atoms with Gasteiger partial charge in [-0.15, -0.1) is 0 Å². The molecule has 0 atom stereocenters. The van der Waals surface area contributed by atoms with Gasteiger partial charge < -0.3 is 9.84 Å². The molecule has 4 heteroatoms. The van der Waals surface area contributed by atoms with Crippen LogP contribution in [0.2, 0.25) is 0 Å². The van der Waals surface area contributed by atoms with Crippen LogP contribution in [0.4, 0.5) is 10.5 Å². The van der Waals surface area contributed by atoms with E-state index in [9.17, 15) is 9.90 Å². The van der Waals surface area contributed by atoms with Crippen molar-refractivity contribution in [2.24, 2.45) is 0 Å². The molecule has 0 aliphatic carbocycles. The topological polar surface area (TPSA) is 49.8 Å². The van der Waals surface area contributed by atoms with Gasteiger partial charge in [-0.1, -0.05) is 0 Å². The number of fused-ring (bicyclic) bond motifs is 1. The summed E-state index contributed by atoms with van der Waals surface area (Å²) < 4.78 is 5.25. The van der Waals surface area contributed by atoms with Gasteiger partial charge in [0.1, 0.15) is 11.4 Å². The lowest BCUT2D eigenvalue weighted by atomic mass is 10.0. The van der Waals surface area contributed by atoms with Crippen molar-refractivity contribution in [3.8, 4) is 5.75 Å². The van der Waals surface area contributed by atoms with Gasteiger partial charge in [-0.25, -0.2) is 4.79 Å². The van der Waals surface area contributed by atoms with E-state index in [2.05, 4.69) is 0 Å². The number of amides is 1. The van der Waals surface area contributed by atoms with E-state index in [0.29, 0.717) is 6.54 Å². The number of nitrogens with zero attached hydrogens (tertiary/aromatic N) is 1. The highest BCUT2D eigenvalue weighted by atomic mass is 16.6. The standard InChI is InChI=1S/C12H15NO3/c1-12(2,3)16-11(15)13-7-8-6-9(14)4-5-10(8)13/h4-6,14H,7H2,1-3H3. The smallest absolute Gasteiger partial charge is 0.415 e. The van der Waals surface area contributed by atoms with Gasteiger partial charge in [0, 0.05) is 0 Å². The molecule has 1 amide bonds. The molecule has 0 fully saturated rings. The highest BCUT2D eigenvalue weighted by molar-refractivity contribution is 5.93. The number of carbonyl (C=O) groups is 1. The van der Waals surface area contributed by atoms with Crippen molar-refractivity contribution in [1.82, 2.24) is 0 Å². The van der Waals surface area contributed by atoms with Gasteiger partial charge >= 0.3 is 6.09 Å². The van der Waals surface area contributed by atoms with E-state index in [0.717, 1.165) is 11.3 Å². The van der Waals surface area contributed by atoms with Gasteiger partial charge in [-0.05, 0) is 44.5 Å². The third-order valence-electron chi connectivity index (χ3n) is 2.30. The molecule has 1 aromatic rings. The maximum absolute atomic E-state index is 11.7. The Morgan fingerprint density at radius 2 is 2.12 bits per heavy atom. The van der Waals surface area contributed by atoms with Crippen molar-refractivity contribution in [2.45, 2.75) is 32.9 Å². The quantitative estimate of drug-likeness (QED) is 0.732. The lowest BCUT2D eigenvalue weighted by Crippen LogP contribution is -2.41. The Labute approximate surface area is 94.4 Å². The first-order valence-corrected chi connectivity index (χ1v) is 5.19. The zero-order valence-electron chi connectivity index (χ0n) is 9.65. The fourth-order valence-electron chi connectivity index (χ4n) is 1.61. The van der Waals surface area contributed by atoms with Crippen LogP contribution in [0.3, 0.4) is 0 Å². The van der Waals surface area contributed by atoms with Crippen LogP contribution < -0.4 is 4.90 Å². The molecule has 0 unspecified atom stereocenters. The number of phenols is 1. The number of ether oxygens (including phenoxy) is 1. The van der Waals surface area contributed by atoms with Crippen molar-refractivity contribution in [3.63, 3.8) is 0 Å².